The minimum Gasteiger partial charge on any atom is -0.464 e. The molecule has 0 aliphatic rings. The number of fused-ring (bicyclic) bond motifs is 1. The number of aromatic nitrogens is 1. The van der Waals surface area contributed by atoms with Crippen LogP contribution in [0.5, 0.6) is 0 Å². The number of carbonyl (C=O) groups excluding carboxylic acids is 2. The van der Waals surface area contributed by atoms with Gasteiger partial charge in [0.15, 0.2) is 0 Å². The van der Waals surface area contributed by atoms with E-state index in [1.165, 1.54) is 19.1 Å². The molecule has 0 aliphatic carbocycles. The average Bonchev–Trinajstić information content (AvgIpc) is 2.82. The predicted molar refractivity (Wildman–Crippen MR) is 89.4 cm³/mol. The number of ether oxygens (including phenoxy) is 1. The molecule has 7 heteroatoms. The summed E-state index contributed by atoms with van der Waals surface area (Å²) in [5.74, 6) is -0.975. The number of nitrogens with one attached hydrogen (secondary N) is 1. The van der Waals surface area contributed by atoms with Gasteiger partial charge in [-0.05, 0) is 23.6 Å². The largest absolute Gasteiger partial charge is 0.464 e. The van der Waals surface area contributed by atoms with Gasteiger partial charge in [-0.2, -0.15) is 0 Å². The maximum Gasteiger partial charge on any atom is 0.416 e. The van der Waals surface area contributed by atoms with Crippen LogP contribution >= 0.6 is 0 Å². The van der Waals surface area contributed by atoms with E-state index < -0.39 is 12.1 Å². The van der Waals surface area contributed by atoms with Crippen molar-refractivity contribution in [1.82, 2.24) is 4.57 Å². The van der Waals surface area contributed by atoms with Gasteiger partial charge >= 0.3 is 12.1 Å². The van der Waals surface area contributed by atoms with Crippen LogP contribution in [0, 0.1) is 5.41 Å². The third kappa shape index (κ3) is 3.92. The highest BCUT2D eigenvalue weighted by Gasteiger charge is 2.23. The summed E-state index contributed by atoms with van der Waals surface area (Å²) in [6.45, 7) is 7.26. The molecule has 0 fully saturated rings. The van der Waals surface area contributed by atoms with E-state index in [-0.39, 0.29) is 23.6 Å². The summed E-state index contributed by atoms with van der Waals surface area (Å²) >= 11 is 0. The van der Waals surface area contributed by atoms with Crippen LogP contribution in [0.2, 0.25) is 0 Å². The van der Waals surface area contributed by atoms with Crippen molar-refractivity contribution >= 4 is 34.6 Å². The third-order valence-electron chi connectivity index (χ3n) is 3.16. The van der Waals surface area contributed by atoms with Crippen LogP contribution in [-0.4, -0.2) is 34.3 Å². The standard InChI is InChI=1S/C17H20N2O5/c1-10(20)18-12-6-5-11-7-14(15(21)24-9-17(2,3)4)19(16(22)23)13(11)8-12/h5-8H,9H2,1-4H3,(H,18,20)(H,22,23). The van der Waals surface area contributed by atoms with Crippen LogP contribution in [0.4, 0.5) is 10.5 Å². The molecule has 7 nitrogen and oxygen atoms in total. The quantitative estimate of drug-likeness (QED) is 0.840. The minimum absolute atomic E-state index is 0.0678. The highest BCUT2D eigenvalue weighted by molar-refractivity contribution is 6.02. The first-order valence-corrected chi connectivity index (χ1v) is 7.42. The van der Waals surface area contributed by atoms with Crippen LogP contribution in [0.15, 0.2) is 24.3 Å². The fraction of sp³-hybridized carbons (Fsp3) is 0.353. The van der Waals surface area contributed by atoms with E-state index in [0.717, 1.165) is 4.57 Å². The normalized spacial score (nSPS) is 11.3. The summed E-state index contributed by atoms with van der Waals surface area (Å²) < 4.78 is 6.08. The Balaban J connectivity index is 2.46. The Morgan fingerprint density at radius 1 is 1.21 bits per heavy atom. The van der Waals surface area contributed by atoms with Gasteiger partial charge in [-0.25, -0.2) is 14.2 Å². The van der Waals surface area contributed by atoms with Gasteiger partial charge < -0.3 is 15.2 Å². The first-order chi connectivity index (χ1) is 11.1. The number of anilines is 1. The zero-order chi connectivity index (χ0) is 18.1. The summed E-state index contributed by atoms with van der Waals surface area (Å²) in [4.78, 5) is 35.0. The van der Waals surface area contributed by atoms with Gasteiger partial charge in [-0.15, -0.1) is 0 Å². The lowest BCUT2D eigenvalue weighted by Crippen LogP contribution is -2.22. The molecule has 1 heterocycles. The van der Waals surface area contributed by atoms with Crippen molar-refractivity contribution in [1.29, 1.82) is 0 Å². The molecule has 2 rings (SSSR count). The molecule has 128 valence electrons. The Kier molecular flexibility index (Phi) is 4.64. The van der Waals surface area contributed by atoms with Crippen molar-refractivity contribution < 1.29 is 24.2 Å². The smallest absolute Gasteiger partial charge is 0.416 e. The minimum atomic E-state index is -1.30. The number of esters is 1. The molecule has 0 atom stereocenters. The van der Waals surface area contributed by atoms with Gasteiger partial charge in [0.2, 0.25) is 5.91 Å². The molecular formula is C17H20N2O5. The lowest BCUT2D eigenvalue weighted by atomic mass is 9.99. The summed E-state index contributed by atoms with van der Waals surface area (Å²) in [5, 5.41) is 12.6. The van der Waals surface area contributed by atoms with Gasteiger partial charge in [0, 0.05) is 18.0 Å². The number of rotatable bonds is 3. The zero-order valence-corrected chi connectivity index (χ0v) is 14.0. The van der Waals surface area contributed by atoms with E-state index in [0.29, 0.717) is 16.6 Å². The molecule has 0 aliphatic heterocycles. The van der Waals surface area contributed by atoms with E-state index >= 15 is 0 Å². The second-order valence-electron chi connectivity index (χ2n) is 6.74. The molecule has 0 radical (unpaired) electrons. The molecule has 2 N–H and O–H groups in total. The van der Waals surface area contributed by atoms with Gasteiger partial charge in [-0.1, -0.05) is 26.8 Å². The SMILES string of the molecule is CC(=O)Nc1ccc2cc(C(=O)OCC(C)(C)C)n(C(=O)O)c2c1. The number of benzene rings is 1. The molecule has 0 saturated carbocycles. The summed E-state index contributed by atoms with van der Waals surface area (Å²) in [7, 11) is 0. The molecule has 0 spiro atoms. The second kappa shape index (κ2) is 6.35. The molecule has 2 aromatic rings. The number of hydrogen-bond acceptors (Lipinski definition) is 4. The number of carboxylic acid groups (broad SMARTS) is 1. The molecule has 0 bridgehead atoms. The van der Waals surface area contributed by atoms with Crippen molar-refractivity contribution in [2.75, 3.05) is 11.9 Å². The van der Waals surface area contributed by atoms with Crippen molar-refractivity contribution in [2.45, 2.75) is 27.7 Å². The van der Waals surface area contributed by atoms with E-state index in [1.54, 1.807) is 12.1 Å². The summed E-state index contributed by atoms with van der Waals surface area (Å²) in [6, 6.07) is 6.25. The van der Waals surface area contributed by atoms with Crippen LogP contribution in [0.1, 0.15) is 38.2 Å². The van der Waals surface area contributed by atoms with Crippen LogP contribution in [0.25, 0.3) is 10.9 Å². The van der Waals surface area contributed by atoms with Crippen molar-refractivity contribution in [2.24, 2.45) is 5.41 Å². The number of nitrogens with zero attached hydrogens (tertiary/aromatic N) is 1. The highest BCUT2D eigenvalue weighted by Crippen LogP contribution is 2.25. The Bertz CT molecular complexity index is 814. The van der Waals surface area contributed by atoms with E-state index in [1.807, 2.05) is 20.8 Å². The van der Waals surface area contributed by atoms with Crippen LogP contribution < -0.4 is 5.32 Å². The lowest BCUT2D eigenvalue weighted by Gasteiger charge is -2.17. The van der Waals surface area contributed by atoms with E-state index in [9.17, 15) is 19.5 Å². The molecule has 0 saturated heterocycles. The fourth-order valence-electron chi connectivity index (χ4n) is 2.19. The first kappa shape index (κ1) is 17.5. The van der Waals surface area contributed by atoms with Crippen LogP contribution in [-0.2, 0) is 9.53 Å². The highest BCUT2D eigenvalue weighted by atomic mass is 16.5. The Hall–Kier alpha value is -2.83. The number of carbonyl (C=O) groups is 3. The molecular weight excluding hydrogens is 312 g/mol. The van der Waals surface area contributed by atoms with Gasteiger partial charge in [-0.3, -0.25) is 4.79 Å². The van der Waals surface area contributed by atoms with E-state index in [4.69, 9.17) is 4.74 Å². The number of amides is 1. The molecule has 24 heavy (non-hydrogen) atoms. The summed E-state index contributed by atoms with van der Waals surface area (Å²) in [6.07, 6.45) is -1.30. The van der Waals surface area contributed by atoms with Crippen LogP contribution in [0.3, 0.4) is 0 Å². The zero-order valence-electron chi connectivity index (χ0n) is 14.0. The lowest BCUT2D eigenvalue weighted by molar-refractivity contribution is -0.114. The first-order valence-electron chi connectivity index (χ1n) is 7.42. The third-order valence-corrected chi connectivity index (χ3v) is 3.16. The maximum absolute atomic E-state index is 12.3. The van der Waals surface area contributed by atoms with Gasteiger partial charge in [0.1, 0.15) is 5.69 Å². The van der Waals surface area contributed by atoms with Crippen molar-refractivity contribution in [3.05, 3.63) is 30.0 Å². The monoisotopic (exact) mass is 332 g/mol. The number of hydrogen-bond donors (Lipinski definition) is 2. The van der Waals surface area contributed by atoms with Gasteiger partial charge in [0.05, 0.1) is 12.1 Å². The summed E-state index contributed by atoms with van der Waals surface area (Å²) in [5.41, 5.74) is 0.456. The fourth-order valence-corrected chi connectivity index (χ4v) is 2.19. The second-order valence-corrected chi connectivity index (χ2v) is 6.74. The molecule has 1 aromatic carbocycles. The van der Waals surface area contributed by atoms with Gasteiger partial charge in [0.25, 0.3) is 0 Å². The van der Waals surface area contributed by atoms with E-state index in [2.05, 4.69) is 5.32 Å². The Labute approximate surface area is 139 Å². The predicted octanol–water partition coefficient (Wildman–Crippen LogP) is 3.33. The maximum atomic E-state index is 12.3. The molecule has 1 amide bonds. The topological polar surface area (TPSA) is 97.6 Å². The molecule has 0 unspecified atom stereocenters. The average molecular weight is 332 g/mol. The van der Waals surface area contributed by atoms with Crippen molar-refractivity contribution in [3.63, 3.8) is 0 Å². The Morgan fingerprint density at radius 3 is 2.42 bits per heavy atom. The molecule has 1 aromatic heterocycles. The van der Waals surface area contributed by atoms with Crippen molar-refractivity contribution in [3.8, 4) is 0 Å². The Morgan fingerprint density at radius 2 is 1.88 bits per heavy atom.